The Bertz CT molecular complexity index is 524. The molecule has 3 heterocycles. The number of aliphatic carboxylic acids is 1. The van der Waals surface area contributed by atoms with Crippen LogP contribution in [0.15, 0.2) is 0 Å². The quantitative estimate of drug-likeness (QED) is 0.571. The molecule has 4 rings (SSSR count). The molecule has 24 heavy (non-hydrogen) atoms. The van der Waals surface area contributed by atoms with Gasteiger partial charge in [0.2, 0.25) is 0 Å². The van der Waals surface area contributed by atoms with Gasteiger partial charge < -0.3 is 20.5 Å². The smallest absolute Gasteiger partial charge is 0.309 e. The number of Topliss-reactive ketones (excluding diaryl/α,β-unsaturated/α-hetero) is 1. The first-order chi connectivity index (χ1) is 11.6. The summed E-state index contributed by atoms with van der Waals surface area (Å²) in [5.74, 6) is -1.01. The van der Waals surface area contributed by atoms with Gasteiger partial charge in [0.05, 0.1) is 24.1 Å². The standard InChI is InChI=1S/C17H27N3O4/c1-18-15-11(17(22)23)5-10-14(21)9-6-12(8-3-2-4-8)19-7-13(9)24-16(10)20-15/h8-13,15-16,18-20H,2-7H2,1H3,(H,22,23). The van der Waals surface area contributed by atoms with Gasteiger partial charge in [-0.3, -0.25) is 14.9 Å². The molecule has 0 bridgehead atoms. The molecule has 7 unspecified atom stereocenters. The summed E-state index contributed by atoms with van der Waals surface area (Å²) in [6.07, 6.45) is 4.14. The Balaban J connectivity index is 1.49. The fourth-order valence-electron chi connectivity index (χ4n) is 4.90. The van der Waals surface area contributed by atoms with Gasteiger partial charge in [-0.15, -0.1) is 0 Å². The number of ketones is 1. The number of carboxylic acid groups (broad SMARTS) is 1. The Hall–Kier alpha value is -1.02. The van der Waals surface area contributed by atoms with E-state index < -0.39 is 11.9 Å². The molecule has 4 aliphatic rings. The summed E-state index contributed by atoms with van der Waals surface area (Å²) in [6.45, 7) is 0.717. The molecule has 0 aromatic carbocycles. The number of carboxylic acids is 1. The summed E-state index contributed by atoms with van der Waals surface area (Å²) in [7, 11) is 1.73. The number of rotatable bonds is 3. The van der Waals surface area contributed by atoms with Crippen LogP contribution in [0.5, 0.6) is 0 Å². The maximum Gasteiger partial charge on any atom is 0.309 e. The average molecular weight is 337 g/mol. The van der Waals surface area contributed by atoms with Crippen LogP contribution in [0.4, 0.5) is 0 Å². The van der Waals surface area contributed by atoms with Crippen molar-refractivity contribution in [1.82, 2.24) is 16.0 Å². The minimum atomic E-state index is -0.868. The maximum absolute atomic E-state index is 13.1. The van der Waals surface area contributed by atoms with Crippen molar-refractivity contribution in [3.63, 3.8) is 0 Å². The lowest BCUT2D eigenvalue weighted by Gasteiger charge is -2.50. The molecule has 1 saturated carbocycles. The zero-order valence-electron chi connectivity index (χ0n) is 14.0. The highest BCUT2D eigenvalue weighted by Gasteiger charge is 2.52. The zero-order valence-corrected chi connectivity index (χ0v) is 14.0. The van der Waals surface area contributed by atoms with Gasteiger partial charge in [-0.2, -0.15) is 0 Å². The van der Waals surface area contributed by atoms with Gasteiger partial charge in [0.15, 0.2) is 0 Å². The van der Waals surface area contributed by atoms with Crippen LogP contribution in [0.1, 0.15) is 32.1 Å². The number of carbonyl (C=O) groups excluding carboxylic acids is 1. The van der Waals surface area contributed by atoms with E-state index in [2.05, 4.69) is 16.0 Å². The van der Waals surface area contributed by atoms with Crippen molar-refractivity contribution in [2.24, 2.45) is 23.7 Å². The molecule has 0 aromatic heterocycles. The van der Waals surface area contributed by atoms with Crippen LogP contribution in [-0.2, 0) is 14.3 Å². The molecular weight excluding hydrogens is 310 g/mol. The summed E-state index contributed by atoms with van der Waals surface area (Å²) >= 11 is 0. The number of hydrogen-bond donors (Lipinski definition) is 4. The van der Waals surface area contributed by atoms with Gasteiger partial charge in [-0.05, 0) is 38.6 Å². The predicted octanol–water partition coefficient (Wildman–Crippen LogP) is -0.0856. The summed E-state index contributed by atoms with van der Waals surface area (Å²) < 4.78 is 6.18. The molecule has 4 N–H and O–H groups in total. The van der Waals surface area contributed by atoms with Gasteiger partial charge in [0.25, 0.3) is 0 Å². The lowest BCUT2D eigenvalue weighted by molar-refractivity contribution is -0.183. The predicted molar refractivity (Wildman–Crippen MR) is 86.1 cm³/mol. The van der Waals surface area contributed by atoms with E-state index in [0.29, 0.717) is 18.4 Å². The normalized spacial score (nSPS) is 45.9. The topological polar surface area (TPSA) is 99.7 Å². The average Bonchev–Trinajstić information content (AvgIpc) is 2.52. The Morgan fingerprint density at radius 2 is 2.08 bits per heavy atom. The van der Waals surface area contributed by atoms with E-state index in [1.807, 2.05) is 0 Å². The Labute approximate surface area is 141 Å². The molecule has 7 atom stereocenters. The lowest BCUT2D eigenvalue weighted by Crippen LogP contribution is -2.68. The van der Waals surface area contributed by atoms with Crippen molar-refractivity contribution in [2.75, 3.05) is 13.6 Å². The summed E-state index contributed by atoms with van der Waals surface area (Å²) in [4.78, 5) is 24.6. The second-order valence-electron chi connectivity index (χ2n) is 7.77. The van der Waals surface area contributed by atoms with Crippen LogP contribution < -0.4 is 16.0 Å². The number of carbonyl (C=O) groups is 2. The Kier molecular flexibility index (Phi) is 4.36. The first kappa shape index (κ1) is 16.4. The second kappa shape index (κ2) is 6.37. The summed E-state index contributed by atoms with van der Waals surface area (Å²) in [6, 6.07) is 0.418. The van der Waals surface area contributed by atoms with Gasteiger partial charge >= 0.3 is 5.97 Å². The van der Waals surface area contributed by atoms with Crippen LogP contribution in [0.3, 0.4) is 0 Å². The van der Waals surface area contributed by atoms with Crippen molar-refractivity contribution in [1.29, 1.82) is 0 Å². The van der Waals surface area contributed by atoms with Crippen molar-refractivity contribution >= 4 is 11.8 Å². The fourth-order valence-corrected chi connectivity index (χ4v) is 4.90. The van der Waals surface area contributed by atoms with E-state index >= 15 is 0 Å². The minimum absolute atomic E-state index is 0.0829. The second-order valence-corrected chi connectivity index (χ2v) is 7.77. The Morgan fingerprint density at radius 1 is 1.29 bits per heavy atom. The van der Waals surface area contributed by atoms with Crippen LogP contribution in [0.25, 0.3) is 0 Å². The van der Waals surface area contributed by atoms with E-state index in [4.69, 9.17) is 4.74 Å². The summed E-state index contributed by atoms with van der Waals surface area (Å²) in [5.41, 5.74) is 0. The molecule has 7 nitrogen and oxygen atoms in total. The number of ether oxygens (including phenoxy) is 1. The maximum atomic E-state index is 13.1. The van der Waals surface area contributed by atoms with Crippen LogP contribution in [0, 0.1) is 23.7 Å². The summed E-state index contributed by atoms with van der Waals surface area (Å²) in [5, 5.41) is 19.2. The highest BCUT2D eigenvalue weighted by Crippen LogP contribution is 2.40. The van der Waals surface area contributed by atoms with Crippen LogP contribution in [0.2, 0.25) is 0 Å². The van der Waals surface area contributed by atoms with Gasteiger partial charge in [-0.1, -0.05) is 6.42 Å². The highest BCUT2D eigenvalue weighted by atomic mass is 16.5. The Morgan fingerprint density at radius 3 is 2.71 bits per heavy atom. The molecule has 3 aliphatic heterocycles. The third kappa shape index (κ3) is 2.67. The first-order valence-electron chi connectivity index (χ1n) is 9.17. The number of hydrogen-bond acceptors (Lipinski definition) is 6. The molecule has 3 saturated heterocycles. The van der Waals surface area contributed by atoms with Crippen molar-refractivity contribution in [2.45, 2.75) is 56.6 Å². The van der Waals surface area contributed by atoms with Crippen molar-refractivity contribution < 1.29 is 19.4 Å². The lowest BCUT2D eigenvalue weighted by atomic mass is 9.69. The fraction of sp³-hybridized carbons (Fsp3) is 0.882. The van der Waals surface area contributed by atoms with Crippen molar-refractivity contribution in [3.05, 3.63) is 0 Å². The molecule has 0 aromatic rings. The third-order valence-corrected chi connectivity index (χ3v) is 6.56. The van der Waals surface area contributed by atoms with Gasteiger partial charge in [-0.25, -0.2) is 0 Å². The molecule has 1 aliphatic carbocycles. The van der Waals surface area contributed by atoms with Crippen LogP contribution >= 0.6 is 0 Å². The molecular formula is C17H27N3O4. The molecule has 4 fully saturated rings. The molecule has 0 spiro atoms. The van der Waals surface area contributed by atoms with Crippen LogP contribution in [-0.4, -0.2) is 55.0 Å². The van der Waals surface area contributed by atoms with E-state index in [9.17, 15) is 14.7 Å². The number of nitrogens with one attached hydrogen (secondary N) is 3. The monoisotopic (exact) mass is 337 g/mol. The minimum Gasteiger partial charge on any atom is -0.481 e. The van der Waals surface area contributed by atoms with E-state index in [0.717, 1.165) is 13.0 Å². The number of piperidine rings is 2. The largest absolute Gasteiger partial charge is 0.481 e. The zero-order chi connectivity index (χ0) is 16.8. The third-order valence-electron chi connectivity index (χ3n) is 6.56. The molecule has 0 radical (unpaired) electrons. The highest BCUT2D eigenvalue weighted by molar-refractivity contribution is 5.86. The van der Waals surface area contributed by atoms with E-state index in [-0.39, 0.29) is 36.1 Å². The van der Waals surface area contributed by atoms with Gasteiger partial charge in [0.1, 0.15) is 12.0 Å². The molecule has 7 heteroatoms. The number of fused-ring (bicyclic) bond motifs is 2. The van der Waals surface area contributed by atoms with Crippen molar-refractivity contribution in [3.8, 4) is 0 Å². The van der Waals surface area contributed by atoms with E-state index in [1.165, 1.54) is 19.3 Å². The van der Waals surface area contributed by atoms with E-state index in [1.54, 1.807) is 7.05 Å². The SMILES string of the molecule is CNC1NC2OC3CNC(C4CCC4)CC3C(=O)C2CC1C(=O)O. The first-order valence-corrected chi connectivity index (χ1v) is 9.17. The van der Waals surface area contributed by atoms with Gasteiger partial charge in [0, 0.05) is 18.5 Å². The molecule has 0 amide bonds. The molecule has 134 valence electrons.